The van der Waals surface area contributed by atoms with Crippen LogP contribution in [0.2, 0.25) is 5.02 Å². The van der Waals surface area contributed by atoms with Gasteiger partial charge in [-0.25, -0.2) is 4.99 Å². The molecule has 72 valence electrons. The van der Waals surface area contributed by atoms with Crippen LogP contribution in [0.1, 0.15) is 5.56 Å². The van der Waals surface area contributed by atoms with E-state index in [4.69, 9.17) is 11.6 Å². The highest BCUT2D eigenvalue weighted by Gasteiger charge is 2.18. The molecule has 3 nitrogen and oxygen atoms in total. The topological polar surface area (TPSA) is 49.7 Å². The zero-order chi connectivity index (χ0) is 10.1. The maximum atomic E-state index is 10.9. The molecule has 0 aromatic heterocycles. The van der Waals surface area contributed by atoms with Crippen molar-refractivity contribution >= 4 is 34.3 Å². The summed E-state index contributed by atoms with van der Waals surface area (Å²) in [6.07, 6.45) is 0. The number of benzene rings is 1. The molecule has 0 saturated heterocycles. The number of carbonyl (C=O) groups excluding carboxylic acids is 1. The van der Waals surface area contributed by atoms with Crippen LogP contribution < -0.4 is 0 Å². The first-order valence-electron chi connectivity index (χ1n) is 3.90. The quantitative estimate of drug-likeness (QED) is 0.799. The van der Waals surface area contributed by atoms with E-state index in [0.717, 1.165) is 0 Å². The van der Waals surface area contributed by atoms with Crippen LogP contribution >= 0.6 is 23.4 Å². The molecule has 1 heterocycles. The van der Waals surface area contributed by atoms with Crippen molar-refractivity contribution in [2.24, 2.45) is 4.99 Å². The summed E-state index contributed by atoms with van der Waals surface area (Å²) in [5.74, 6) is 0.231. The molecule has 1 aliphatic heterocycles. The largest absolute Gasteiger partial charge is 0.507 e. The molecule has 0 spiro atoms. The number of phenols is 1. The van der Waals surface area contributed by atoms with E-state index < -0.39 is 0 Å². The Morgan fingerprint density at radius 2 is 2.29 bits per heavy atom. The van der Waals surface area contributed by atoms with Gasteiger partial charge in [-0.3, -0.25) is 4.79 Å². The van der Waals surface area contributed by atoms with Crippen molar-refractivity contribution in [1.82, 2.24) is 0 Å². The number of halogens is 1. The van der Waals surface area contributed by atoms with Crippen molar-refractivity contribution in [3.05, 3.63) is 28.8 Å². The zero-order valence-electron chi connectivity index (χ0n) is 7.03. The number of aliphatic imine (C=N–C) groups is 1. The van der Waals surface area contributed by atoms with Gasteiger partial charge in [0.1, 0.15) is 10.8 Å². The highest BCUT2D eigenvalue weighted by Crippen LogP contribution is 2.28. The summed E-state index contributed by atoms with van der Waals surface area (Å²) in [5.41, 5.74) is 0.560. The third-order valence-electron chi connectivity index (χ3n) is 1.75. The first-order valence-corrected chi connectivity index (χ1v) is 5.26. The van der Waals surface area contributed by atoms with E-state index in [9.17, 15) is 9.90 Å². The van der Waals surface area contributed by atoms with Crippen molar-refractivity contribution in [3.63, 3.8) is 0 Å². The van der Waals surface area contributed by atoms with Gasteiger partial charge in [0.2, 0.25) is 0 Å². The smallest absolute Gasteiger partial charge is 0.257 e. The minimum atomic E-state index is -0.167. The van der Waals surface area contributed by atoms with Crippen LogP contribution in [-0.4, -0.2) is 21.8 Å². The summed E-state index contributed by atoms with van der Waals surface area (Å²) in [5, 5.41) is 10.6. The summed E-state index contributed by atoms with van der Waals surface area (Å²) >= 11 is 7.00. The van der Waals surface area contributed by atoms with E-state index >= 15 is 0 Å². The van der Waals surface area contributed by atoms with E-state index in [-0.39, 0.29) is 11.7 Å². The lowest BCUT2D eigenvalue weighted by Gasteiger charge is -2.02. The predicted molar refractivity (Wildman–Crippen MR) is 57.1 cm³/mol. The maximum absolute atomic E-state index is 10.9. The van der Waals surface area contributed by atoms with Crippen molar-refractivity contribution in [2.75, 3.05) is 5.75 Å². The van der Waals surface area contributed by atoms with Gasteiger partial charge in [-0.15, -0.1) is 0 Å². The van der Waals surface area contributed by atoms with E-state index in [0.29, 0.717) is 21.4 Å². The van der Waals surface area contributed by atoms with Crippen molar-refractivity contribution in [1.29, 1.82) is 0 Å². The molecular weight excluding hydrogens is 222 g/mol. The van der Waals surface area contributed by atoms with Crippen LogP contribution in [0.25, 0.3) is 0 Å². The Kier molecular flexibility index (Phi) is 2.48. The summed E-state index contributed by atoms with van der Waals surface area (Å²) in [4.78, 5) is 14.7. The highest BCUT2D eigenvalue weighted by atomic mass is 35.5. The van der Waals surface area contributed by atoms with Crippen LogP contribution in [0.5, 0.6) is 5.75 Å². The van der Waals surface area contributed by atoms with Gasteiger partial charge < -0.3 is 5.11 Å². The first kappa shape index (κ1) is 9.55. The molecule has 0 bridgehead atoms. The molecule has 1 aromatic carbocycles. The molecule has 1 aliphatic rings. The molecule has 14 heavy (non-hydrogen) atoms. The summed E-state index contributed by atoms with van der Waals surface area (Å²) in [6.45, 7) is 0. The van der Waals surface area contributed by atoms with Crippen LogP contribution in [0, 0.1) is 0 Å². The van der Waals surface area contributed by atoms with Crippen LogP contribution in [0.15, 0.2) is 23.2 Å². The molecule has 0 unspecified atom stereocenters. The molecule has 0 atom stereocenters. The third-order valence-corrected chi connectivity index (χ3v) is 2.96. The molecule has 0 aliphatic carbocycles. The lowest BCUT2D eigenvalue weighted by Crippen LogP contribution is -1.92. The van der Waals surface area contributed by atoms with Gasteiger partial charge in [0.05, 0.1) is 5.75 Å². The molecule has 1 amide bonds. The van der Waals surface area contributed by atoms with Gasteiger partial charge in [0.25, 0.3) is 5.91 Å². The fourth-order valence-corrected chi connectivity index (χ4v) is 2.12. The molecule has 0 radical (unpaired) electrons. The fraction of sp³-hybridized carbons (Fsp3) is 0.111. The monoisotopic (exact) mass is 227 g/mol. The summed E-state index contributed by atoms with van der Waals surface area (Å²) in [6, 6.07) is 4.74. The number of amides is 1. The average molecular weight is 228 g/mol. The molecule has 1 aromatic rings. The van der Waals surface area contributed by atoms with Gasteiger partial charge in [-0.1, -0.05) is 23.4 Å². The van der Waals surface area contributed by atoms with Gasteiger partial charge in [0.15, 0.2) is 0 Å². The highest BCUT2D eigenvalue weighted by molar-refractivity contribution is 8.15. The van der Waals surface area contributed by atoms with E-state index in [1.165, 1.54) is 17.8 Å². The Hall–Kier alpha value is -1.00. The number of thioether (sulfide) groups is 1. The number of hydrogen-bond acceptors (Lipinski definition) is 3. The number of nitrogens with zero attached hydrogens (tertiary/aromatic N) is 1. The minimum absolute atomic E-state index is 0.0541. The summed E-state index contributed by atoms with van der Waals surface area (Å²) < 4.78 is 0. The van der Waals surface area contributed by atoms with E-state index in [1.54, 1.807) is 12.1 Å². The second kappa shape index (κ2) is 3.63. The number of rotatable bonds is 1. The number of aromatic hydroxyl groups is 1. The molecule has 2 rings (SSSR count). The summed E-state index contributed by atoms with van der Waals surface area (Å²) in [7, 11) is 0. The lowest BCUT2D eigenvalue weighted by molar-refractivity contribution is -0.115. The van der Waals surface area contributed by atoms with Crippen molar-refractivity contribution in [3.8, 4) is 5.75 Å². The molecule has 1 N–H and O–H groups in total. The normalized spacial score (nSPS) is 15.8. The van der Waals surface area contributed by atoms with Gasteiger partial charge in [0, 0.05) is 10.6 Å². The van der Waals surface area contributed by atoms with Crippen molar-refractivity contribution in [2.45, 2.75) is 0 Å². The Morgan fingerprint density at radius 3 is 2.86 bits per heavy atom. The van der Waals surface area contributed by atoms with Gasteiger partial charge in [-0.2, -0.15) is 0 Å². The Balaban J connectivity index is 2.42. The SMILES string of the molecule is O=C1CSC(c2ccc(Cl)cc2O)=N1. The average Bonchev–Trinajstić information content (AvgIpc) is 2.51. The van der Waals surface area contributed by atoms with Gasteiger partial charge >= 0.3 is 0 Å². The Morgan fingerprint density at radius 1 is 1.50 bits per heavy atom. The van der Waals surface area contributed by atoms with E-state index in [1.807, 2.05) is 0 Å². The molecule has 5 heteroatoms. The number of hydrogen-bond donors (Lipinski definition) is 1. The second-order valence-electron chi connectivity index (χ2n) is 2.76. The molecule has 0 saturated carbocycles. The second-order valence-corrected chi connectivity index (χ2v) is 4.16. The molecular formula is C9H6ClNO2S. The standard InChI is InChI=1S/C9H6ClNO2S/c10-5-1-2-6(7(12)3-5)9-11-8(13)4-14-9/h1-3,12H,4H2. The third kappa shape index (κ3) is 1.76. The maximum Gasteiger partial charge on any atom is 0.257 e. The minimum Gasteiger partial charge on any atom is -0.507 e. The Bertz CT molecular complexity index is 431. The fourth-order valence-electron chi connectivity index (χ4n) is 1.13. The van der Waals surface area contributed by atoms with Crippen LogP contribution in [0.4, 0.5) is 0 Å². The van der Waals surface area contributed by atoms with E-state index in [2.05, 4.69) is 4.99 Å². The van der Waals surface area contributed by atoms with Crippen LogP contribution in [-0.2, 0) is 4.79 Å². The predicted octanol–water partition coefficient (Wildman–Crippen LogP) is 2.07. The number of phenolic OH excluding ortho intramolecular Hbond substituents is 1. The van der Waals surface area contributed by atoms with Gasteiger partial charge in [-0.05, 0) is 18.2 Å². The Labute approximate surface area is 89.8 Å². The zero-order valence-corrected chi connectivity index (χ0v) is 8.60. The van der Waals surface area contributed by atoms with Crippen LogP contribution in [0.3, 0.4) is 0 Å². The lowest BCUT2D eigenvalue weighted by atomic mass is 10.2. The van der Waals surface area contributed by atoms with Crippen molar-refractivity contribution < 1.29 is 9.90 Å². The first-order chi connectivity index (χ1) is 6.66. The number of carbonyl (C=O) groups is 1. The molecule has 0 fully saturated rings.